The van der Waals surface area contributed by atoms with Gasteiger partial charge in [0.1, 0.15) is 0 Å². The molecule has 0 aliphatic heterocycles. The lowest BCUT2D eigenvalue weighted by Crippen LogP contribution is -2.43. The maximum absolute atomic E-state index is 9.88. The van der Waals surface area contributed by atoms with Gasteiger partial charge < -0.3 is 10.0 Å². The molecular formula is C12H23NO. The van der Waals surface area contributed by atoms with Crippen molar-refractivity contribution in [3.05, 3.63) is 0 Å². The van der Waals surface area contributed by atoms with E-state index in [1.165, 1.54) is 45.1 Å². The smallest absolute Gasteiger partial charge is 0.0695 e. The van der Waals surface area contributed by atoms with Crippen molar-refractivity contribution in [1.29, 1.82) is 0 Å². The van der Waals surface area contributed by atoms with E-state index >= 15 is 0 Å². The molecule has 0 spiro atoms. The molecule has 0 bridgehead atoms. The first-order valence-electron chi connectivity index (χ1n) is 6.15. The third kappa shape index (κ3) is 2.71. The average molecular weight is 197 g/mol. The van der Waals surface area contributed by atoms with Crippen LogP contribution in [-0.4, -0.2) is 35.7 Å². The molecule has 0 saturated heterocycles. The minimum absolute atomic E-state index is 0.0621. The first-order valence-corrected chi connectivity index (χ1v) is 6.15. The van der Waals surface area contributed by atoms with Gasteiger partial charge in [0.2, 0.25) is 0 Å². The van der Waals surface area contributed by atoms with Crippen molar-refractivity contribution >= 4 is 0 Å². The van der Waals surface area contributed by atoms with Crippen LogP contribution in [0, 0.1) is 5.92 Å². The van der Waals surface area contributed by atoms with Crippen LogP contribution in [-0.2, 0) is 0 Å². The Hall–Kier alpha value is -0.0800. The Balaban J connectivity index is 1.73. The van der Waals surface area contributed by atoms with Gasteiger partial charge in [-0.25, -0.2) is 0 Å². The van der Waals surface area contributed by atoms with E-state index in [1.54, 1.807) is 0 Å². The first kappa shape index (κ1) is 10.4. The number of rotatable bonds is 4. The number of likely N-dealkylation sites (N-methyl/N-ethyl adjacent to an activating group) is 1. The number of aliphatic hydroxyl groups is 1. The number of nitrogens with zero attached hydrogens (tertiary/aromatic N) is 1. The summed E-state index contributed by atoms with van der Waals surface area (Å²) in [6.45, 7) is 1.19. The monoisotopic (exact) mass is 197 g/mol. The maximum atomic E-state index is 9.88. The molecular weight excluding hydrogens is 174 g/mol. The van der Waals surface area contributed by atoms with Gasteiger partial charge in [-0.1, -0.05) is 25.7 Å². The Bertz CT molecular complexity index is 179. The molecule has 2 aliphatic rings. The zero-order valence-corrected chi connectivity index (χ0v) is 9.28. The highest BCUT2D eigenvalue weighted by Crippen LogP contribution is 2.33. The van der Waals surface area contributed by atoms with E-state index in [1.807, 2.05) is 0 Å². The molecule has 2 fully saturated rings. The topological polar surface area (TPSA) is 23.5 Å². The van der Waals surface area contributed by atoms with Crippen molar-refractivity contribution in [2.24, 2.45) is 5.92 Å². The average Bonchev–Trinajstić information content (AvgIpc) is 2.98. The Morgan fingerprint density at radius 2 is 1.86 bits per heavy atom. The molecule has 2 aliphatic carbocycles. The lowest BCUT2D eigenvalue weighted by Gasteiger charge is -2.35. The minimum Gasteiger partial charge on any atom is -0.391 e. The van der Waals surface area contributed by atoms with Crippen molar-refractivity contribution in [3.8, 4) is 0 Å². The van der Waals surface area contributed by atoms with Crippen molar-refractivity contribution in [2.45, 2.75) is 57.1 Å². The van der Waals surface area contributed by atoms with Crippen LogP contribution in [0.15, 0.2) is 0 Å². The number of hydrogen-bond donors (Lipinski definition) is 1. The van der Waals surface area contributed by atoms with Crippen LogP contribution in [0.25, 0.3) is 0 Å². The highest BCUT2D eigenvalue weighted by molar-refractivity contribution is 4.83. The standard InChI is InChI=1S/C12H23NO/c1-13(9-8-10-6-7-10)11-4-2-3-5-12(11)14/h10-12,14H,2-9H2,1H3. The van der Waals surface area contributed by atoms with Gasteiger partial charge in [0.15, 0.2) is 0 Å². The largest absolute Gasteiger partial charge is 0.391 e. The molecule has 0 aromatic carbocycles. The Morgan fingerprint density at radius 1 is 1.14 bits per heavy atom. The molecule has 2 nitrogen and oxygen atoms in total. The molecule has 0 aromatic rings. The molecule has 1 N–H and O–H groups in total. The van der Waals surface area contributed by atoms with Crippen molar-refractivity contribution in [1.82, 2.24) is 4.90 Å². The zero-order valence-electron chi connectivity index (χ0n) is 9.28. The van der Waals surface area contributed by atoms with E-state index in [0.717, 1.165) is 12.3 Å². The van der Waals surface area contributed by atoms with Crippen molar-refractivity contribution in [3.63, 3.8) is 0 Å². The van der Waals surface area contributed by atoms with Gasteiger partial charge in [-0.05, 0) is 38.8 Å². The second kappa shape index (κ2) is 4.63. The normalized spacial score (nSPS) is 33.6. The molecule has 2 rings (SSSR count). The van der Waals surface area contributed by atoms with Crippen molar-refractivity contribution in [2.75, 3.05) is 13.6 Å². The fraction of sp³-hybridized carbons (Fsp3) is 1.00. The highest BCUT2D eigenvalue weighted by atomic mass is 16.3. The van der Waals surface area contributed by atoms with Crippen molar-refractivity contribution < 1.29 is 5.11 Å². The predicted molar refractivity (Wildman–Crippen MR) is 58.2 cm³/mol. The van der Waals surface area contributed by atoms with Crippen LogP contribution in [0.3, 0.4) is 0 Å². The van der Waals surface area contributed by atoms with Crippen LogP contribution in [0.4, 0.5) is 0 Å². The molecule has 2 unspecified atom stereocenters. The van der Waals surface area contributed by atoms with Crippen LogP contribution in [0.2, 0.25) is 0 Å². The van der Waals surface area contributed by atoms with E-state index in [0.29, 0.717) is 6.04 Å². The van der Waals surface area contributed by atoms with Crippen LogP contribution >= 0.6 is 0 Å². The number of aliphatic hydroxyl groups excluding tert-OH is 1. The second-order valence-corrected chi connectivity index (χ2v) is 5.13. The first-order chi connectivity index (χ1) is 6.77. The fourth-order valence-corrected chi connectivity index (χ4v) is 2.56. The quantitative estimate of drug-likeness (QED) is 0.745. The summed E-state index contributed by atoms with van der Waals surface area (Å²) in [5.41, 5.74) is 0. The van der Waals surface area contributed by atoms with E-state index in [-0.39, 0.29) is 6.10 Å². The van der Waals surface area contributed by atoms with Gasteiger partial charge in [0.25, 0.3) is 0 Å². The summed E-state index contributed by atoms with van der Waals surface area (Å²) in [6, 6.07) is 0.447. The minimum atomic E-state index is -0.0621. The third-order valence-corrected chi connectivity index (χ3v) is 3.85. The Labute approximate surface area is 87.3 Å². The molecule has 2 atom stereocenters. The predicted octanol–water partition coefficient (Wildman–Crippen LogP) is 2.02. The molecule has 2 heteroatoms. The van der Waals surface area contributed by atoms with Gasteiger partial charge in [-0.3, -0.25) is 0 Å². The van der Waals surface area contributed by atoms with E-state index in [4.69, 9.17) is 0 Å². The molecule has 0 heterocycles. The van der Waals surface area contributed by atoms with E-state index in [9.17, 15) is 5.11 Å². The van der Waals surface area contributed by atoms with Gasteiger partial charge in [0.05, 0.1) is 6.10 Å². The van der Waals surface area contributed by atoms with Crippen LogP contribution in [0.1, 0.15) is 44.9 Å². The van der Waals surface area contributed by atoms with Gasteiger partial charge >= 0.3 is 0 Å². The number of hydrogen-bond acceptors (Lipinski definition) is 2. The van der Waals surface area contributed by atoms with Gasteiger partial charge in [0, 0.05) is 6.04 Å². The summed E-state index contributed by atoms with van der Waals surface area (Å²) in [4.78, 5) is 2.39. The second-order valence-electron chi connectivity index (χ2n) is 5.13. The zero-order chi connectivity index (χ0) is 9.97. The van der Waals surface area contributed by atoms with Crippen LogP contribution in [0.5, 0.6) is 0 Å². The summed E-state index contributed by atoms with van der Waals surface area (Å²) in [7, 11) is 2.18. The fourth-order valence-electron chi connectivity index (χ4n) is 2.56. The maximum Gasteiger partial charge on any atom is 0.0695 e. The molecule has 2 saturated carbocycles. The third-order valence-electron chi connectivity index (χ3n) is 3.85. The lowest BCUT2D eigenvalue weighted by molar-refractivity contribution is 0.0312. The van der Waals surface area contributed by atoms with Crippen LogP contribution < -0.4 is 0 Å². The molecule has 14 heavy (non-hydrogen) atoms. The SMILES string of the molecule is CN(CCC1CC1)C1CCCCC1O. The Kier molecular flexibility index (Phi) is 3.45. The molecule has 0 aromatic heterocycles. The van der Waals surface area contributed by atoms with E-state index < -0.39 is 0 Å². The van der Waals surface area contributed by atoms with E-state index in [2.05, 4.69) is 11.9 Å². The summed E-state index contributed by atoms with van der Waals surface area (Å²) in [5.74, 6) is 1.01. The summed E-state index contributed by atoms with van der Waals surface area (Å²) in [5, 5.41) is 9.88. The summed E-state index contributed by atoms with van der Waals surface area (Å²) >= 11 is 0. The van der Waals surface area contributed by atoms with Gasteiger partial charge in [-0.15, -0.1) is 0 Å². The highest BCUT2D eigenvalue weighted by Gasteiger charge is 2.28. The summed E-state index contributed by atoms with van der Waals surface area (Å²) < 4.78 is 0. The molecule has 0 radical (unpaired) electrons. The molecule has 82 valence electrons. The Morgan fingerprint density at radius 3 is 2.50 bits per heavy atom. The lowest BCUT2D eigenvalue weighted by atomic mass is 9.91. The van der Waals surface area contributed by atoms with Gasteiger partial charge in [-0.2, -0.15) is 0 Å². The summed E-state index contributed by atoms with van der Waals surface area (Å²) in [6.07, 6.45) is 8.90. The molecule has 0 amide bonds.